The zero-order valence-corrected chi connectivity index (χ0v) is 17.1. The molecule has 12 heteroatoms. The summed E-state index contributed by atoms with van der Waals surface area (Å²) in [5.41, 5.74) is 0.908. The Hall–Kier alpha value is -2.69. The first-order chi connectivity index (χ1) is 14.2. The monoisotopic (exact) mass is 452 g/mol. The van der Waals surface area contributed by atoms with Gasteiger partial charge in [-0.25, -0.2) is 9.36 Å². The van der Waals surface area contributed by atoms with Gasteiger partial charge < -0.3 is 8.60 Å². The first-order valence-electron chi connectivity index (χ1n) is 8.79. The van der Waals surface area contributed by atoms with Crippen LogP contribution in [0.2, 0.25) is 0 Å². The van der Waals surface area contributed by atoms with E-state index in [-0.39, 0.29) is 11.3 Å². The van der Waals surface area contributed by atoms with Crippen LogP contribution in [0.5, 0.6) is 5.75 Å². The molecular weight excluding hydrogens is 435 g/mol. The number of anilines is 1. The van der Waals surface area contributed by atoms with Gasteiger partial charge in [-0.05, 0) is 42.3 Å². The fourth-order valence-electron chi connectivity index (χ4n) is 2.89. The fourth-order valence-corrected chi connectivity index (χ4v) is 4.67. The number of nitrogens with one attached hydrogen (secondary N) is 1. The second kappa shape index (κ2) is 7.86. The Morgan fingerprint density at radius 1 is 1.03 bits per heavy atom. The summed E-state index contributed by atoms with van der Waals surface area (Å²) in [6.45, 7) is 0.703. The maximum atomic E-state index is 12.4. The standard InChI is InChI=1S/C18H17N2O8PS/c19-30(23,24)28-15-7-4-13-10-16(18(21)27-17(13)11-15)12-2-5-14(6-3-12)20-29(22)25-8-1-9-26-29/h2-7,10-11H,1,8-9H2,(H,20,22)(H2,19,23,24). The van der Waals surface area contributed by atoms with Gasteiger partial charge in [0.1, 0.15) is 11.3 Å². The normalized spacial score (nSPS) is 16.3. The minimum Gasteiger partial charge on any atom is -0.422 e. The molecule has 0 amide bonds. The molecule has 1 aliphatic heterocycles. The molecule has 0 radical (unpaired) electrons. The molecule has 10 nitrogen and oxygen atoms in total. The maximum absolute atomic E-state index is 12.4. The Morgan fingerprint density at radius 2 is 1.73 bits per heavy atom. The topological polar surface area (TPSA) is 147 Å². The van der Waals surface area contributed by atoms with Gasteiger partial charge in [0.2, 0.25) is 0 Å². The maximum Gasteiger partial charge on any atom is 0.432 e. The smallest absolute Gasteiger partial charge is 0.422 e. The van der Waals surface area contributed by atoms with Crippen molar-refractivity contribution in [3.63, 3.8) is 0 Å². The highest BCUT2D eigenvalue weighted by molar-refractivity contribution is 7.84. The van der Waals surface area contributed by atoms with E-state index in [1.54, 1.807) is 36.4 Å². The van der Waals surface area contributed by atoms with Gasteiger partial charge in [0.05, 0.1) is 18.8 Å². The Labute approximate surface area is 171 Å². The predicted octanol–water partition coefficient (Wildman–Crippen LogP) is 3.00. The molecule has 1 saturated heterocycles. The van der Waals surface area contributed by atoms with E-state index in [0.29, 0.717) is 41.8 Å². The minimum absolute atomic E-state index is 0.0710. The molecule has 2 aromatic carbocycles. The molecule has 0 unspecified atom stereocenters. The van der Waals surface area contributed by atoms with E-state index in [9.17, 15) is 17.8 Å². The van der Waals surface area contributed by atoms with Crippen molar-refractivity contribution in [3.8, 4) is 16.9 Å². The largest absolute Gasteiger partial charge is 0.432 e. The van der Waals surface area contributed by atoms with Crippen LogP contribution < -0.4 is 20.0 Å². The molecule has 0 aliphatic carbocycles. The zero-order valence-electron chi connectivity index (χ0n) is 15.4. The highest BCUT2D eigenvalue weighted by Gasteiger charge is 2.28. The Morgan fingerprint density at radius 3 is 2.40 bits per heavy atom. The van der Waals surface area contributed by atoms with Crippen molar-refractivity contribution in [1.82, 2.24) is 0 Å². The van der Waals surface area contributed by atoms with Crippen LogP contribution in [-0.4, -0.2) is 21.6 Å². The summed E-state index contributed by atoms with van der Waals surface area (Å²) >= 11 is 0. The Bertz CT molecular complexity index is 1290. The molecular formula is C18H17N2O8PS. The molecule has 1 aliphatic rings. The van der Waals surface area contributed by atoms with E-state index in [1.165, 1.54) is 12.1 Å². The number of benzene rings is 2. The van der Waals surface area contributed by atoms with Crippen LogP contribution in [0, 0.1) is 0 Å². The SMILES string of the molecule is NS(=O)(=O)Oc1ccc2cc(-c3ccc(NP4(=O)OCCCO4)cc3)c(=O)oc2c1. The van der Waals surface area contributed by atoms with Gasteiger partial charge in [0, 0.05) is 17.1 Å². The average molecular weight is 452 g/mol. The molecule has 0 saturated carbocycles. The van der Waals surface area contributed by atoms with Crippen LogP contribution in [0.15, 0.2) is 57.7 Å². The summed E-state index contributed by atoms with van der Waals surface area (Å²) in [7, 11) is -7.57. The van der Waals surface area contributed by atoms with Gasteiger partial charge >= 0.3 is 23.7 Å². The van der Waals surface area contributed by atoms with Gasteiger partial charge in [-0.3, -0.25) is 14.1 Å². The van der Waals surface area contributed by atoms with E-state index in [2.05, 4.69) is 9.27 Å². The molecule has 0 bridgehead atoms. The lowest BCUT2D eigenvalue weighted by Gasteiger charge is -2.23. The summed E-state index contributed by atoms with van der Waals surface area (Å²) in [5, 5.41) is 8.14. The van der Waals surface area contributed by atoms with Crippen LogP contribution >= 0.6 is 7.75 Å². The van der Waals surface area contributed by atoms with E-state index in [0.717, 1.165) is 0 Å². The third kappa shape index (κ3) is 4.72. The predicted molar refractivity (Wildman–Crippen MR) is 109 cm³/mol. The molecule has 1 aromatic heterocycles. The van der Waals surface area contributed by atoms with Crippen molar-refractivity contribution in [1.29, 1.82) is 0 Å². The van der Waals surface area contributed by atoms with Crippen molar-refractivity contribution in [2.75, 3.05) is 18.3 Å². The molecule has 0 spiro atoms. The van der Waals surface area contributed by atoms with Crippen molar-refractivity contribution in [2.24, 2.45) is 5.14 Å². The van der Waals surface area contributed by atoms with E-state index < -0.39 is 23.7 Å². The van der Waals surface area contributed by atoms with Gasteiger partial charge in [-0.2, -0.15) is 13.6 Å². The second-order valence-corrected chi connectivity index (χ2v) is 9.32. The minimum atomic E-state index is -4.19. The molecule has 0 atom stereocenters. The molecule has 30 heavy (non-hydrogen) atoms. The lowest BCUT2D eigenvalue weighted by Crippen LogP contribution is -2.18. The number of hydrogen-bond acceptors (Lipinski definition) is 8. The van der Waals surface area contributed by atoms with E-state index >= 15 is 0 Å². The zero-order chi connectivity index (χ0) is 21.4. The molecule has 158 valence electrons. The van der Waals surface area contributed by atoms with Crippen LogP contribution in [0.25, 0.3) is 22.1 Å². The number of fused-ring (bicyclic) bond motifs is 1. The van der Waals surface area contributed by atoms with Gasteiger partial charge in [-0.15, -0.1) is 0 Å². The Kier molecular flexibility index (Phi) is 5.39. The second-order valence-electron chi connectivity index (χ2n) is 6.43. The summed E-state index contributed by atoms with van der Waals surface area (Å²) in [4.78, 5) is 12.4. The van der Waals surface area contributed by atoms with Gasteiger partial charge in [0.25, 0.3) is 0 Å². The third-order valence-corrected chi connectivity index (χ3v) is 6.19. The lowest BCUT2D eigenvalue weighted by molar-refractivity contribution is 0.150. The highest BCUT2D eigenvalue weighted by Crippen LogP contribution is 2.50. The van der Waals surface area contributed by atoms with Gasteiger partial charge in [0.15, 0.2) is 0 Å². The molecule has 1 fully saturated rings. The van der Waals surface area contributed by atoms with E-state index in [1.807, 2.05) is 0 Å². The Balaban J connectivity index is 1.61. The molecule has 3 aromatic rings. The number of nitrogens with two attached hydrogens (primary N) is 1. The first kappa shape index (κ1) is 20.6. The summed E-state index contributed by atoms with van der Waals surface area (Å²) in [6.07, 6.45) is 0.679. The third-order valence-electron chi connectivity index (χ3n) is 4.19. The molecule has 2 heterocycles. The fraction of sp³-hybridized carbons (Fsp3) is 0.167. The van der Waals surface area contributed by atoms with Crippen molar-refractivity contribution in [3.05, 3.63) is 59.0 Å². The lowest BCUT2D eigenvalue weighted by atomic mass is 10.1. The summed E-state index contributed by atoms with van der Waals surface area (Å²) in [6, 6.07) is 12.4. The van der Waals surface area contributed by atoms with Crippen LogP contribution in [-0.2, 0) is 23.9 Å². The quantitative estimate of drug-likeness (QED) is 0.440. The number of rotatable bonds is 5. The summed E-state index contributed by atoms with van der Waals surface area (Å²) < 4.78 is 54.7. The number of hydrogen-bond donors (Lipinski definition) is 2. The van der Waals surface area contributed by atoms with Crippen LogP contribution in [0.4, 0.5) is 5.69 Å². The van der Waals surface area contributed by atoms with Crippen LogP contribution in [0.3, 0.4) is 0 Å². The van der Waals surface area contributed by atoms with Crippen molar-refractivity contribution >= 4 is 34.7 Å². The molecule has 4 rings (SSSR count). The van der Waals surface area contributed by atoms with Crippen molar-refractivity contribution in [2.45, 2.75) is 6.42 Å². The average Bonchev–Trinajstić information content (AvgIpc) is 2.67. The van der Waals surface area contributed by atoms with E-state index in [4.69, 9.17) is 18.6 Å². The first-order valence-corrected chi connectivity index (χ1v) is 11.8. The summed E-state index contributed by atoms with van der Waals surface area (Å²) in [5.74, 6) is -0.0710. The van der Waals surface area contributed by atoms with Crippen molar-refractivity contribution < 1.29 is 30.6 Å². The van der Waals surface area contributed by atoms with Gasteiger partial charge in [-0.1, -0.05) is 12.1 Å². The molecule has 3 N–H and O–H groups in total. The van der Waals surface area contributed by atoms with Crippen LogP contribution in [0.1, 0.15) is 6.42 Å². The highest BCUT2D eigenvalue weighted by atomic mass is 32.2.